The zero-order valence-corrected chi connectivity index (χ0v) is 13.6. The molecule has 1 amide bonds. The number of rotatable bonds is 4. The molecular formula is C18H25FN2O2. The first kappa shape index (κ1) is 16.4. The second kappa shape index (κ2) is 6.97. The van der Waals surface area contributed by atoms with Gasteiger partial charge in [-0.2, -0.15) is 0 Å². The fourth-order valence-electron chi connectivity index (χ4n) is 3.82. The van der Waals surface area contributed by atoms with Crippen LogP contribution < -0.4 is 10.6 Å². The van der Waals surface area contributed by atoms with Crippen LogP contribution in [0.4, 0.5) is 4.39 Å². The maximum Gasteiger partial charge on any atom is 0.239 e. The van der Waals surface area contributed by atoms with Crippen LogP contribution in [0.3, 0.4) is 0 Å². The van der Waals surface area contributed by atoms with Gasteiger partial charge in [-0.25, -0.2) is 4.39 Å². The molecule has 3 rings (SSSR count). The van der Waals surface area contributed by atoms with Gasteiger partial charge in [-0.05, 0) is 37.5 Å². The predicted molar refractivity (Wildman–Crippen MR) is 86.8 cm³/mol. The average Bonchev–Trinajstić information content (AvgIpc) is 3.04. The highest BCUT2D eigenvalue weighted by Gasteiger charge is 2.37. The molecule has 2 fully saturated rings. The Kier molecular flexibility index (Phi) is 4.97. The molecule has 0 bridgehead atoms. The molecule has 1 heterocycles. The number of benzene rings is 1. The van der Waals surface area contributed by atoms with Crippen molar-refractivity contribution in [1.29, 1.82) is 0 Å². The first-order valence-electron chi connectivity index (χ1n) is 8.49. The predicted octanol–water partition coefficient (Wildman–Crippen LogP) is 2.13. The summed E-state index contributed by atoms with van der Waals surface area (Å²) in [5, 5.41) is 6.32. The Morgan fingerprint density at radius 2 is 2.04 bits per heavy atom. The molecule has 1 aliphatic heterocycles. The van der Waals surface area contributed by atoms with Gasteiger partial charge >= 0.3 is 0 Å². The Balaban J connectivity index is 1.68. The SMILES string of the molecule is C[C@H]1OCCN[C@@H]1C(=O)NCC1(c2ccc(F)cc2)CCCC1. The van der Waals surface area contributed by atoms with Gasteiger partial charge in [0, 0.05) is 18.5 Å². The summed E-state index contributed by atoms with van der Waals surface area (Å²) < 4.78 is 18.7. The molecule has 1 saturated heterocycles. The number of nitrogens with one attached hydrogen (secondary N) is 2. The molecule has 0 aromatic heterocycles. The number of ether oxygens (including phenoxy) is 1. The van der Waals surface area contributed by atoms with E-state index in [1.165, 1.54) is 12.1 Å². The Morgan fingerprint density at radius 1 is 1.35 bits per heavy atom. The zero-order valence-electron chi connectivity index (χ0n) is 13.6. The molecule has 0 spiro atoms. The number of hydrogen-bond acceptors (Lipinski definition) is 3. The summed E-state index contributed by atoms with van der Waals surface area (Å²) in [4.78, 5) is 12.5. The molecule has 23 heavy (non-hydrogen) atoms. The van der Waals surface area contributed by atoms with Crippen molar-refractivity contribution in [2.24, 2.45) is 0 Å². The third-order valence-corrected chi connectivity index (χ3v) is 5.22. The van der Waals surface area contributed by atoms with Crippen LogP contribution in [0.2, 0.25) is 0 Å². The largest absolute Gasteiger partial charge is 0.375 e. The van der Waals surface area contributed by atoms with Gasteiger partial charge in [0.15, 0.2) is 0 Å². The number of hydrogen-bond donors (Lipinski definition) is 2. The Morgan fingerprint density at radius 3 is 2.70 bits per heavy atom. The highest BCUT2D eigenvalue weighted by molar-refractivity contribution is 5.82. The first-order chi connectivity index (χ1) is 11.1. The molecule has 1 aromatic carbocycles. The minimum absolute atomic E-state index is 0.00872. The van der Waals surface area contributed by atoms with E-state index >= 15 is 0 Å². The average molecular weight is 320 g/mol. The number of carbonyl (C=O) groups excluding carboxylic acids is 1. The number of amides is 1. The van der Waals surface area contributed by atoms with Gasteiger partial charge in [0.1, 0.15) is 11.9 Å². The van der Waals surface area contributed by atoms with E-state index in [0.717, 1.165) is 31.2 Å². The summed E-state index contributed by atoms with van der Waals surface area (Å²) in [6, 6.07) is 6.44. The topological polar surface area (TPSA) is 50.4 Å². The molecule has 4 nitrogen and oxygen atoms in total. The van der Waals surface area contributed by atoms with Gasteiger partial charge in [0.05, 0.1) is 12.7 Å². The molecule has 1 aromatic rings. The lowest BCUT2D eigenvalue weighted by Crippen LogP contribution is -2.56. The molecule has 0 unspecified atom stereocenters. The van der Waals surface area contributed by atoms with Crippen molar-refractivity contribution in [3.63, 3.8) is 0 Å². The van der Waals surface area contributed by atoms with Gasteiger partial charge in [0.2, 0.25) is 5.91 Å². The lowest BCUT2D eigenvalue weighted by molar-refractivity contribution is -0.129. The van der Waals surface area contributed by atoms with Crippen molar-refractivity contribution >= 4 is 5.91 Å². The van der Waals surface area contributed by atoms with Gasteiger partial charge in [0.25, 0.3) is 0 Å². The summed E-state index contributed by atoms with van der Waals surface area (Å²) >= 11 is 0. The van der Waals surface area contributed by atoms with E-state index < -0.39 is 0 Å². The molecule has 2 atom stereocenters. The smallest absolute Gasteiger partial charge is 0.239 e. The van der Waals surface area contributed by atoms with E-state index in [-0.39, 0.29) is 29.3 Å². The Bertz CT molecular complexity index is 540. The van der Waals surface area contributed by atoms with Gasteiger partial charge in [-0.15, -0.1) is 0 Å². The molecule has 1 saturated carbocycles. The maximum absolute atomic E-state index is 13.2. The van der Waals surface area contributed by atoms with E-state index in [9.17, 15) is 9.18 Å². The second-order valence-electron chi connectivity index (χ2n) is 6.72. The van der Waals surface area contributed by atoms with Crippen LogP contribution in [0.5, 0.6) is 0 Å². The molecular weight excluding hydrogens is 295 g/mol. The minimum Gasteiger partial charge on any atom is -0.375 e. The van der Waals surface area contributed by atoms with Crippen LogP contribution in [0, 0.1) is 5.82 Å². The lowest BCUT2D eigenvalue weighted by atomic mass is 9.78. The first-order valence-corrected chi connectivity index (χ1v) is 8.49. The lowest BCUT2D eigenvalue weighted by Gasteiger charge is -2.33. The van der Waals surface area contributed by atoms with Crippen LogP contribution in [-0.4, -0.2) is 37.7 Å². The van der Waals surface area contributed by atoms with E-state index in [4.69, 9.17) is 4.74 Å². The van der Waals surface area contributed by atoms with Crippen LogP contribution in [0.25, 0.3) is 0 Å². The van der Waals surface area contributed by atoms with Gasteiger partial charge in [-0.3, -0.25) is 4.79 Å². The van der Waals surface area contributed by atoms with Crippen LogP contribution in [-0.2, 0) is 14.9 Å². The number of carbonyl (C=O) groups is 1. The van der Waals surface area contributed by atoms with Gasteiger partial charge in [-0.1, -0.05) is 25.0 Å². The highest BCUT2D eigenvalue weighted by atomic mass is 19.1. The van der Waals surface area contributed by atoms with Crippen molar-refractivity contribution in [1.82, 2.24) is 10.6 Å². The third kappa shape index (κ3) is 3.56. The van der Waals surface area contributed by atoms with Crippen molar-refractivity contribution in [3.8, 4) is 0 Å². The quantitative estimate of drug-likeness (QED) is 0.893. The Labute approximate surface area is 136 Å². The normalized spacial score (nSPS) is 26.9. The summed E-state index contributed by atoms with van der Waals surface area (Å²) in [5.41, 5.74) is 1.06. The fourth-order valence-corrected chi connectivity index (χ4v) is 3.82. The molecule has 126 valence electrons. The summed E-state index contributed by atoms with van der Waals surface area (Å²) in [5.74, 6) is -0.228. The van der Waals surface area contributed by atoms with Crippen LogP contribution in [0.15, 0.2) is 24.3 Å². The van der Waals surface area contributed by atoms with E-state index in [2.05, 4.69) is 10.6 Å². The molecule has 2 N–H and O–H groups in total. The standard InChI is InChI=1S/C18H25FN2O2/c1-13-16(20-10-11-23-13)17(22)21-12-18(8-2-3-9-18)14-4-6-15(19)7-5-14/h4-7,13,16,20H,2-3,8-12H2,1H3,(H,21,22)/t13-,16+/m1/s1. The summed E-state index contributed by atoms with van der Waals surface area (Å²) in [7, 11) is 0. The molecule has 1 aliphatic carbocycles. The molecule has 5 heteroatoms. The number of morpholine rings is 1. The van der Waals surface area contributed by atoms with Gasteiger partial charge < -0.3 is 15.4 Å². The Hall–Kier alpha value is -1.46. The third-order valence-electron chi connectivity index (χ3n) is 5.22. The summed E-state index contributed by atoms with van der Waals surface area (Å²) in [6.07, 6.45) is 4.24. The molecule has 2 aliphatic rings. The van der Waals surface area contributed by atoms with E-state index in [1.807, 2.05) is 19.1 Å². The van der Waals surface area contributed by atoms with Crippen molar-refractivity contribution in [2.45, 2.75) is 50.2 Å². The summed E-state index contributed by atoms with van der Waals surface area (Å²) in [6.45, 7) is 3.86. The monoisotopic (exact) mass is 320 g/mol. The number of halogens is 1. The molecule has 0 radical (unpaired) electrons. The van der Waals surface area contributed by atoms with Crippen molar-refractivity contribution < 1.29 is 13.9 Å². The van der Waals surface area contributed by atoms with E-state index in [0.29, 0.717) is 19.7 Å². The van der Waals surface area contributed by atoms with Crippen LogP contribution in [0.1, 0.15) is 38.2 Å². The highest BCUT2D eigenvalue weighted by Crippen LogP contribution is 2.40. The fraction of sp³-hybridized carbons (Fsp3) is 0.611. The van der Waals surface area contributed by atoms with Crippen LogP contribution >= 0.6 is 0 Å². The zero-order chi connectivity index (χ0) is 16.3. The van der Waals surface area contributed by atoms with Crippen molar-refractivity contribution in [2.75, 3.05) is 19.7 Å². The maximum atomic E-state index is 13.2. The van der Waals surface area contributed by atoms with E-state index in [1.54, 1.807) is 0 Å². The minimum atomic E-state index is -0.296. The second-order valence-corrected chi connectivity index (χ2v) is 6.72. The van der Waals surface area contributed by atoms with Crippen molar-refractivity contribution in [3.05, 3.63) is 35.6 Å².